The van der Waals surface area contributed by atoms with Gasteiger partial charge in [0.25, 0.3) is 8.32 Å². The minimum absolute atomic E-state index is 0.0323. The third-order valence-electron chi connectivity index (χ3n) is 3.91. The second-order valence-electron chi connectivity index (χ2n) is 6.88. The molecule has 25 heavy (non-hydrogen) atoms. The number of aliphatic hydroxyl groups is 1. The standard InChI is InChI=1S/C17H22Br2ClNO3Si/c1-17(2,3)25(4,5)23-10-8-12(22)14(11-15(18)19)24-13-7-6-9-21-16(13)20/h6-7,9,11-12,14,22H,1-5H3/t12-,14-/m0/s1. The van der Waals surface area contributed by atoms with Crippen LogP contribution in [-0.2, 0) is 4.43 Å². The molecule has 0 aliphatic rings. The fourth-order valence-electron chi connectivity index (χ4n) is 1.37. The van der Waals surface area contributed by atoms with E-state index in [0.717, 1.165) is 0 Å². The molecule has 8 heteroatoms. The van der Waals surface area contributed by atoms with E-state index in [2.05, 4.69) is 82.7 Å². The minimum atomic E-state index is -2.01. The molecule has 0 aliphatic carbocycles. The van der Waals surface area contributed by atoms with E-state index in [1.165, 1.54) is 0 Å². The van der Waals surface area contributed by atoms with Crippen LogP contribution < -0.4 is 4.74 Å². The second-order valence-corrected chi connectivity index (χ2v) is 14.7. The van der Waals surface area contributed by atoms with Gasteiger partial charge in [-0.1, -0.05) is 32.4 Å². The van der Waals surface area contributed by atoms with Crippen LogP contribution in [0.1, 0.15) is 20.8 Å². The van der Waals surface area contributed by atoms with E-state index >= 15 is 0 Å². The molecule has 1 heterocycles. The summed E-state index contributed by atoms with van der Waals surface area (Å²) in [4.78, 5) is 3.95. The predicted molar refractivity (Wildman–Crippen MR) is 112 cm³/mol. The van der Waals surface area contributed by atoms with Gasteiger partial charge in [-0.25, -0.2) is 4.98 Å². The number of nitrogens with zero attached hydrogens (tertiary/aromatic N) is 1. The molecule has 1 aromatic heterocycles. The summed E-state index contributed by atoms with van der Waals surface area (Å²) in [5, 5.41) is 10.6. The third-order valence-corrected chi connectivity index (χ3v) is 8.95. The zero-order valence-electron chi connectivity index (χ0n) is 14.8. The molecule has 0 radical (unpaired) electrons. The first-order chi connectivity index (χ1) is 11.4. The summed E-state index contributed by atoms with van der Waals surface area (Å²) in [5.41, 5.74) is 0. The molecule has 2 atom stereocenters. The monoisotopic (exact) mass is 509 g/mol. The van der Waals surface area contributed by atoms with Gasteiger partial charge in [0.2, 0.25) is 0 Å². The number of rotatable bonds is 5. The first-order valence-electron chi connectivity index (χ1n) is 7.60. The van der Waals surface area contributed by atoms with E-state index in [-0.39, 0.29) is 10.2 Å². The molecule has 1 aromatic rings. The average molecular weight is 512 g/mol. The highest BCUT2D eigenvalue weighted by molar-refractivity contribution is 9.28. The quantitative estimate of drug-likeness (QED) is 0.324. The van der Waals surface area contributed by atoms with Gasteiger partial charge in [0.05, 0.1) is 9.50 Å². The lowest BCUT2D eigenvalue weighted by molar-refractivity contribution is 0.103. The molecule has 0 bridgehead atoms. The maximum atomic E-state index is 10.4. The Hall–Kier alpha value is -0.523. The molecule has 1 N–H and O–H groups in total. The summed E-state index contributed by atoms with van der Waals surface area (Å²) >= 11 is 12.5. The first kappa shape index (κ1) is 22.5. The van der Waals surface area contributed by atoms with Crippen LogP contribution >= 0.6 is 43.5 Å². The Kier molecular flexibility index (Phi) is 8.49. The number of pyridine rings is 1. The van der Waals surface area contributed by atoms with Crippen molar-refractivity contribution < 1.29 is 14.3 Å². The van der Waals surface area contributed by atoms with Gasteiger partial charge in [-0.2, -0.15) is 0 Å². The van der Waals surface area contributed by atoms with Gasteiger partial charge in [0.1, 0.15) is 0 Å². The lowest BCUT2D eigenvalue weighted by atomic mass is 10.2. The number of ether oxygens (including phenoxy) is 1. The number of hydrogen-bond acceptors (Lipinski definition) is 4. The van der Waals surface area contributed by atoms with Gasteiger partial charge in [-0.15, -0.1) is 0 Å². The Morgan fingerprint density at radius 1 is 1.40 bits per heavy atom. The van der Waals surface area contributed by atoms with Gasteiger partial charge in [-0.3, -0.25) is 0 Å². The topological polar surface area (TPSA) is 51.6 Å². The van der Waals surface area contributed by atoms with Crippen LogP contribution in [0.25, 0.3) is 0 Å². The molecule has 1 rings (SSSR count). The summed E-state index contributed by atoms with van der Waals surface area (Å²) in [7, 11) is -2.01. The zero-order valence-corrected chi connectivity index (χ0v) is 19.7. The molecule has 0 fully saturated rings. The normalized spacial score (nSPS) is 14.0. The van der Waals surface area contributed by atoms with E-state index in [4.69, 9.17) is 20.8 Å². The molecule has 0 aromatic carbocycles. The Morgan fingerprint density at radius 2 is 2.04 bits per heavy atom. The highest BCUT2D eigenvalue weighted by Crippen LogP contribution is 2.36. The van der Waals surface area contributed by atoms with Crippen LogP contribution in [0, 0.1) is 12.0 Å². The van der Waals surface area contributed by atoms with Gasteiger partial charge < -0.3 is 14.3 Å². The van der Waals surface area contributed by atoms with E-state index < -0.39 is 20.5 Å². The number of aliphatic hydroxyl groups excluding tert-OH is 1. The number of hydrogen-bond donors (Lipinski definition) is 1. The van der Waals surface area contributed by atoms with Gasteiger partial charge in [0, 0.05) is 6.20 Å². The van der Waals surface area contributed by atoms with Gasteiger partial charge in [-0.05, 0) is 74.1 Å². The molecular formula is C17H22Br2ClNO3Si. The van der Waals surface area contributed by atoms with Crippen molar-refractivity contribution in [2.75, 3.05) is 0 Å². The van der Waals surface area contributed by atoms with Crippen molar-refractivity contribution in [2.45, 2.75) is 51.1 Å². The third kappa shape index (κ3) is 7.31. The molecule has 0 amide bonds. The average Bonchev–Trinajstić information content (AvgIpc) is 2.46. The van der Waals surface area contributed by atoms with E-state index in [1.54, 1.807) is 24.4 Å². The fraction of sp³-hybridized carbons (Fsp3) is 0.471. The van der Waals surface area contributed by atoms with Crippen molar-refractivity contribution >= 4 is 51.8 Å². The fourth-order valence-corrected chi connectivity index (χ4v) is 2.68. The molecule has 4 nitrogen and oxygen atoms in total. The summed E-state index contributed by atoms with van der Waals surface area (Å²) in [5.74, 6) is 3.06. The summed E-state index contributed by atoms with van der Waals surface area (Å²) in [6, 6.07) is 3.37. The molecule has 0 aliphatic heterocycles. The second kappa shape index (κ2) is 9.42. The minimum Gasteiger partial charge on any atom is -0.500 e. The van der Waals surface area contributed by atoms with Crippen molar-refractivity contribution in [2.24, 2.45) is 0 Å². The van der Waals surface area contributed by atoms with Gasteiger partial charge in [0.15, 0.2) is 23.1 Å². The lowest BCUT2D eigenvalue weighted by Crippen LogP contribution is -2.39. The van der Waals surface area contributed by atoms with E-state index in [1.807, 2.05) is 0 Å². The first-order valence-corrected chi connectivity index (χ1v) is 12.5. The highest BCUT2D eigenvalue weighted by atomic mass is 79.9. The summed E-state index contributed by atoms with van der Waals surface area (Å²) in [6.45, 7) is 10.5. The van der Waals surface area contributed by atoms with E-state index in [0.29, 0.717) is 9.14 Å². The van der Waals surface area contributed by atoms with Crippen LogP contribution in [0.15, 0.2) is 27.8 Å². The molecular weight excluding hydrogens is 490 g/mol. The maximum Gasteiger partial charge on any atom is 0.264 e. The molecule has 0 saturated heterocycles. The Morgan fingerprint density at radius 3 is 2.56 bits per heavy atom. The van der Waals surface area contributed by atoms with Crippen molar-refractivity contribution in [3.8, 4) is 17.8 Å². The molecule has 0 unspecified atom stereocenters. The Bertz CT molecular complexity index is 676. The summed E-state index contributed by atoms with van der Waals surface area (Å²) < 4.78 is 12.1. The predicted octanol–water partition coefficient (Wildman–Crippen LogP) is 5.46. The smallest absolute Gasteiger partial charge is 0.264 e. The number of aromatic nitrogens is 1. The lowest BCUT2D eigenvalue weighted by Gasteiger charge is -2.33. The van der Waals surface area contributed by atoms with Crippen LogP contribution in [0.5, 0.6) is 5.75 Å². The van der Waals surface area contributed by atoms with Crippen molar-refractivity contribution in [3.05, 3.63) is 33.0 Å². The maximum absolute atomic E-state index is 10.4. The zero-order chi connectivity index (χ0) is 19.3. The molecule has 0 saturated carbocycles. The van der Waals surface area contributed by atoms with Crippen LogP contribution in [0.2, 0.25) is 23.3 Å². The summed E-state index contributed by atoms with van der Waals surface area (Å²) in [6.07, 6.45) is 3.99. The largest absolute Gasteiger partial charge is 0.500 e. The molecule has 0 spiro atoms. The highest BCUT2D eigenvalue weighted by Gasteiger charge is 2.38. The van der Waals surface area contributed by atoms with Crippen molar-refractivity contribution in [1.29, 1.82) is 0 Å². The SMILES string of the molecule is CC(C)(C)[Si](C)(C)OC#C[C@H](O)[C@H](C=C(Br)Br)Oc1cccnc1Cl. The van der Waals surface area contributed by atoms with Crippen LogP contribution in [0.4, 0.5) is 0 Å². The van der Waals surface area contributed by atoms with Crippen LogP contribution in [0.3, 0.4) is 0 Å². The number of halogens is 3. The Labute approximate surface area is 172 Å². The van der Waals surface area contributed by atoms with E-state index in [9.17, 15) is 5.11 Å². The van der Waals surface area contributed by atoms with Crippen molar-refractivity contribution in [3.63, 3.8) is 0 Å². The van der Waals surface area contributed by atoms with Crippen LogP contribution in [-0.4, -0.2) is 30.6 Å². The Balaban J connectivity index is 2.93. The molecule has 138 valence electrons. The van der Waals surface area contributed by atoms with Crippen molar-refractivity contribution in [1.82, 2.24) is 4.98 Å². The van der Waals surface area contributed by atoms with Gasteiger partial charge >= 0.3 is 0 Å².